The summed E-state index contributed by atoms with van der Waals surface area (Å²) in [4.78, 5) is 14.4. The highest BCUT2D eigenvalue weighted by Gasteiger charge is 2.45. The Kier molecular flexibility index (Phi) is 10.7. The molecule has 7 nitrogen and oxygen atoms in total. The number of esters is 1. The standard InChI is InChI=1S/C25H37NO6S/c1-30-24(28)8-6-4-3-5-7-21-23(17-22(27)25(21)26-13-15-31-16-14-26)32-18-19-9-11-20(12-10-19)33(2)29/h3,5,9-12,21-23,25,27H,4,6-8,13-18H2,1-2H3/t21-,22+,23-,25+,33?/m0/s1. The molecule has 8 heteroatoms. The van der Waals surface area contributed by atoms with Gasteiger partial charge in [0.1, 0.15) is 6.26 Å². The number of hydrogen-bond acceptors (Lipinski definition) is 7. The van der Waals surface area contributed by atoms with Gasteiger partial charge in [-0.3, -0.25) is 9.69 Å². The van der Waals surface area contributed by atoms with Gasteiger partial charge in [-0.25, -0.2) is 0 Å². The zero-order chi connectivity index (χ0) is 23.6. The van der Waals surface area contributed by atoms with E-state index in [1.807, 2.05) is 24.3 Å². The first-order valence-corrected chi connectivity index (χ1v) is 13.3. The molecule has 1 N–H and O–H groups in total. The third-order valence-corrected chi connectivity index (χ3v) is 7.46. The number of aliphatic hydroxyl groups is 1. The van der Waals surface area contributed by atoms with Gasteiger partial charge in [0, 0.05) is 37.9 Å². The highest BCUT2D eigenvalue weighted by molar-refractivity contribution is 7.90. The Morgan fingerprint density at radius 1 is 1.27 bits per heavy atom. The van der Waals surface area contributed by atoms with Gasteiger partial charge in [0.25, 0.3) is 0 Å². The van der Waals surface area contributed by atoms with Gasteiger partial charge in [0.05, 0.1) is 39.1 Å². The van der Waals surface area contributed by atoms with Crippen LogP contribution in [0, 0.1) is 5.92 Å². The molecule has 1 heterocycles. The van der Waals surface area contributed by atoms with Crippen LogP contribution in [0.1, 0.15) is 37.7 Å². The number of aliphatic hydroxyl groups excluding tert-OH is 1. The van der Waals surface area contributed by atoms with Crippen LogP contribution in [0.15, 0.2) is 41.3 Å². The van der Waals surface area contributed by atoms with Crippen molar-refractivity contribution in [3.8, 4) is 0 Å². The number of unbranched alkanes of at least 4 members (excludes halogenated alkanes) is 1. The lowest BCUT2D eigenvalue weighted by atomic mass is 9.94. The van der Waals surface area contributed by atoms with Crippen LogP contribution in [0.5, 0.6) is 0 Å². The summed E-state index contributed by atoms with van der Waals surface area (Å²) in [6.45, 7) is 3.49. The van der Waals surface area contributed by atoms with Crippen molar-refractivity contribution in [1.82, 2.24) is 4.90 Å². The summed E-state index contributed by atoms with van der Waals surface area (Å²) in [5.41, 5.74) is 1.03. The summed E-state index contributed by atoms with van der Waals surface area (Å²) >= 11 is -0.994. The minimum Gasteiger partial charge on any atom is -0.612 e. The highest BCUT2D eigenvalue weighted by atomic mass is 32.2. The lowest BCUT2D eigenvalue weighted by Crippen LogP contribution is -2.50. The Labute approximate surface area is 200 Å². The number of benzene rings is 1. The molecule has 1 aromatic carbocycles. The smallest absolute Gasteiger partial charge is 0.305 e. The predicted octanol–water partition coefficient (Wildman–Crippen LogP) is 2.68. The summed E-state index contributed by atoms with van der Waals surface area (Å²) in [7, 11) is 1.41. The molecule has 2 aliphatic rings. The average Bonchev–Trinajstić information content (AvgIpc) is 3.15. The molecule has 1 aliphatic carbocycles. The molecule has 33 heavy (non-hydrogen) atoms. The molecule has 0 amide bonds. The first-order valence-electron chi connectivity index (χ1n) is 11.7. The normalized spacial score (nSPS) is 27.2. The second-order valence-electron chi connectivity index (χ2n) is 8.73. The van der Waals surface area contributed by atoms with Crippen LogP contribution < -0.4 is 0 Å². The highest BCUT2D eigenvalue weighted by Crippen LogP contribution is 2.36. The maximum Gasteiger partial charge on any atom is 0.305 e. The van der Waals surface area contributed by atoms with Crippen LogP contribution in [0.2, 0.25) is 0 Å². The molecule has 2 fully saturated rings. The molecule has 5 atom stereocenters. The monoisotopic (exact) mass is 479 g/mol. The molecule has 1 saturated heterocycles. The first kappa shape index (κ1) is 26.2. The van der Waals surface area contributed by atoms with Gasteiger partial charge in [-0.15, -0.1) is 0 Å². The topological polar surface area (TPSA) is 91.3 Å². The van der Waals surface area contributed by atoms with Gasteiger partial charge in [0.15, 0.2) is 4.90 Å². The minimum absolute atomic E-state index is 0.0449. The number of carbonyl (C=O) groups excluding carboxylic acids is 1. The van der Waals surface area contributed by atoms with Crippen molar-refractivity contribution in [2.45, 2.75) is 61.9 Å². The fourth-order valence-electron chi connectivity index (χ4n) is 4.75. The predicted molar refractivity (Wildman–Crippen MR) is 127 cm³/mol. The van der Waals surface area contributed by atoms with Crippen molar-refractivity contribution in [2.24, 2.45) is 5.92 Å². The third-order valence-electron chi connectivity index (χ3n) is 6.53. The van der Waals surface area contributed by atoms with Crippen molar-refractivity contribution in [3.05, 3.63) is 42.0 Å². The van der Waals surface area contributed by atoms with Gasteiger partial charge in [-0.2, -0.15) is 0 Å². The zero-order valence-corrected chi connectivity index (χ0v) is 20.5. The molecular weight excluding hydrogens is 442 g/mol. The number of hydrogen-bond donors (Lipinski definition) is 1. The number of allylic oxidation sites excluding steroid dienone is 2. The van der Waals surface area contributed by atoms with E-state index in [4.69, 9.17) is 9.47 Å². The van der Waals surface area contributed by atoms with E-state index in [0.29, 0.717) is 32.7 Å². The van der Waals surface area contributed by atoms with Crippen molar-refractivity contribution >= 4 is 17.1 Å². The Bertz CT molecular complexity index is 750. The van der Waals surface area contributed by atoms with E-state index < -0.39 is 17.3 Å². The summed E-state index contributed by atoms with van der Waals surface area (Å²) in [5, 5.41) is 10.9. The van der Waals surface area contributed by atoms with Crippen LogP contribution in [0.4, 0.5) is 0 Å². The van der Waals surface area contributed by atoms with Crippen LogP contribution >= 0.6 is 0 Å². The Morgan fingerprint density at radius 3 is 2.67 bits per heavy atom. The second-order valence-corrected chi connectivity index (χ2v) is 10.1. The van der Waals surface area contributed by atoms with Crippen molar-refractivity contribution in [1.29, 1.82) is 0 Å². The minimum atomic E-state index is -0.994. The van der Waals surface area contributed by atoms with Crippen LogP contribution in [-0.4, -0.2) is 78.4 Å². The maximum absolute atomic E-state index is 11.6. The molecule has 0 aromatic heterocycles. The quantitative estimate of drug-likeness (QED) is 0.226. The molecule has 1 saturated carbocycles. The summed E-state index contributed by atoms with van der Waals surface area (Å²) in [6.07, 6.45) is 8.91. The van der Waals surface area contributed by atoms with E-state index >= 15 is 0 Å². The molecule has 3 rings (SSSR count). The molecule has 184 valence electrons. The SMILES string of the molecule is COC(=O)CCCC=CC[C@@H]1[C@@H](N2CCOCC2)[C@H](O)C[C@@H]1OCc1ccc([S+](C)[O-])cc1. The number of carbonyl (C=O) groups is 1. The number of methoxy groups -OCH3 is 1. The van der Waals surface area contributed by atoms with E-state index in [0.717, 1.165) is 42.8 Å². The molecule has 1 aromatic rings. The Morgan fingerprint density at radius 2 is 2.00 bits per heavy atom. The molecule has 0 radical (unpaired) electrons. The van der Waals surface area contributed by atoms with E-state index in [1.165, 1.54) is 7.11 Å². The fourth-order valence-corrected chi connectivity index (χ4v) is 5.27. The third kappa shape index (κ3) is 7.80. The van der Waals surface area contributed by atoms with E-state index in [2.05, 4.69) is 21.8 Å². The Balaban J connectivity index is 1.60. The average molecular weight is 480 g/mol. The second kappa shape index (κ2) is 13.5. The number of ether oxygens (including phenoxy) is 3. The molecule has 1 unspecified atom stereocenters. The first-order chi connectivity index (χ1) is 16.0. The van der Waals surface area contributed by atoms with E-state index in [-0.39, 0.29) is 24.0 Å². The lowest BCUT2D eigenvalue weighted by Gasteiger charge is -2.37. The molecular formula is C25H37NO6S. The Hall–Kier alpha value is -1.42. The van der Waals surface area contributed by atoms with Gasteiger partial charge in [-0.05, 0) is 48.1 Å². The number of nitrogens with zero attached hydrogens (tertiary/aromatic N) is 1. The molecule has 0 bridgehead atoms. The number of rotatable bonds is 11. The van der Waals surface area contributed by atoms with Crippen molar-refractivity contribution in [2.75, 3.05) is 39.7 Å². The van der Waals surface area contributed by atoms with Crippen LogP contribution in [-0.2, 0) is 36.8 Å². The van der Waals surface area contributed by atoms with Crippen LogP contribution in [0.25, 0.3) is 0 Å². The zero-order valence-electron chi connectivity index (χ0n) is 19.7. The van der Waals surface area contributed by atoms with E-state index in [1.54, 1.807) is 6.26 Å². The van der Waals surface area contributed by atoms with Crippen molar-refractivity contribution < 1.29 is 28.7 Å². The molecule has 1 aliphatic heterocycles. The van der Waals surface area contributed by atoms with Gasteiger partial charge in [-0.1, -0.05) is 24.3 Å². The van der Waals surface area contributed by atoms with Gasteiger partial charge < -0.3 is 23.9 Å². The summed E-state index contributed by atoms with van der Waals surface area (Å²) in [5.74, 6) is -0.00116. The van der Waals surface area contributed by atoms with Crippen LogP contribution in [0.3, 0.4) is 0 Å². The van der Waals surface area contributed by atoms with E-state index in [9.17, 15) is 14.5 Å². The largest absolute Gasteiger partial charge is 0.612 e. The summed E-state index contributed by atoms with van der Waals surface area (Å²) in [6, 6.07) is 7.71. The van der Waals surface area contributed by atoms with Gasteiger partial charge >= 0.3 is 5.97 Å². The maximum atomic E-state index is 11.6. The fraction of sp³-hybridized carbons (Fsp3) is 0.640. The molecule has 0 spiro atoms. The lowest BCUT2D eigenvalue weighted by molar-refractivity contribution is -0.140. The summed E-state index contributed by atoms with van der Waals surface area (Å²) < 4.78 is 28.1. The van der Waals surface area contributed by atoms with Crippen molar-refractivity contribution in [3.63, 3.8) is 0 Å². The number of morpholine rings is 1. The van der Waals surface area contributed by atoms with Gasteiger partial charge in [0.2, 0.25) is 0 Å².